The molecule has 61 heavy (non-hydrogen) atoms. The summed E-state index contributed by atoms with van der Waals surface area (Å²) in [5.41, 5.74) is 7.33. The van der Waals surface area contributed by atoms with E-state index in [4.69, 9.17) is 14.2 Å². The van der Waals surface area contributed by atoms with Crippen LogP contribution in [0.4, 0.5) is 4.79 Å². The fourth-order valence-electron chi connectivity index (χ4n) is 8.29. The van der Waals surface area contributed by atoms with E-state index in [0.717, 1.165) is 38.9 Å². The molecule has 3 amide bonds. The summed E-state index contributed by atoms with van der Waals surface area (Å²) < 4.78 is 18.9. The summed E-state index contributed by atoms with van der Waals surface area (Å²) in [5, 5.41) is 14.7. The van der Waals surface area contributed by atoms with Gasteiger partial charge in [-0.1, -0.05) is 146 Å². The monoisotopic (exact) mass is 817 g/mol. The summed E-state index contributed by atoms with van der Waals surface area (Å²) in [6.45, 7) is 5.15. The van der Waals surface area contributed by atoms with Gasteiger partial charge in [0, 0.05) is 24.1 Å². The van der Waals surface area contributed by atoms with Crippen LogP contribution < -0.4 is 5.32 Å². The molecular weight excluding hydrogens is 767 g/mol. The molecule has 8 rings (SSSR count). The number of ether oxygens (including phenoxy) is 3. The molecule has 0 aromatic heterocycles. The second-order valence-corrected chi connectivity index (χ2v) is 16.1. The number of nitrogens with zero attached hydrogens (tertiary/aromatic N) is 2. The zero-order valence-corrected chi connectivity index (χ0v) is 34.6. The second-order valence-electron chi connectivity index (χ2n) is 16.1. The number of amides is 3. The molecule has 0 saturated carbocycles. The lowest BCUT2D eigenvalue weighted by molar-refractivity contribution is -0.276. The highest BCUT2D eigenvalue weighted by molar-refractivity contribution is 6.06. The summed E-state index contributed by atoms with van der Waals surface area (Å²) in [5.74, 6) is -0.823. The standard InChI is InChI=1S/C51H51N3O7/c1-33-46(30-53(3)34(2)41-26-21-37-13-7-8-14-42(37)27-41)60-50(61-48(33)39-19-17-35(31-55)18-20-39)40-24-22-38(23-25-40)44-16-10-9-15-43(44)29-54-47(56)28-45(49(54)57)52-51(58)59-32-36-11-5-4-6-12-36/h4-27,33-34,45-46,48,50,55H,28-32H2,1-3H3,(H,52,58)/t33-,34+,45?,46+,48+,50+/m0/s1. The minimum Gasteiger partial charge on any atom is -0.445 e. The normalized spacial score (nSPS) is 20.9. The number of likely N-dealkylation sites (N-methyl/N-ethyl adjacent to an activating group) is 1. The Morgan fingerprint density at radius 3 is 2.26 bits per heavy atom. The molecule has 0 radical (unpaired) electrons. The van der Waals surface area contributed by atoms with Crippen molar-refractivity contribution in [3.8, 4) is 11.1 Å². The van der Waals surface area contributed by atoms with Gasteiger partial charge in [0.2, 0.25) is 5.91 Å². The Morgan fingerprint density at radius 1 is 0.820 bits per heavy atom. The van der Waals surface area contributed by atoms with E-state index in [1.165, 1.54) is 21.2 Å². The van der Waals surface area contributed by atoms with E-state index in [2.05, 4.69) is 73.6 Å². The summed E-state index contributed by atoms with van der Waals surface area (Å²) in [6, 6.07) is 47.1. The second kappa shape index (κ2) is 18.6. The van der Waals surface area contributed by atoms with E-state index >= 15 is 0 Å². The first kappa shape index (κ1) is 41.6. The summed E-state index contributed by atoms with van der Waals surface area (Å²) in [4.78, 5) is 42.6. The summed E-state index contributed by atoms with van der Waals surface area (Å²) >= 11 is 0. The largest absolute Gasteiger partial charge is 0.445 e. The Kier molecular flexibility index (Phi) is 12.7. The fraction of sp³-hybridized carbons (Fsp3) is 0.275. The number of fused-ring (bicyclic) bond motifs is 1. The van der Waals surface area contributed by atoms with Crippen LogP contribution in [-0.4, -0.2) is 58.6 Å². The number of hydrogen-bond acceptors (Lipinski definition) is 8. The zero-order chi connectivity index (χ0) is 42.5. The van der Waals surface area contributed by atoms with Crippen molar-refractivity contribution in [2.75, 3.05) is 13.6 Å². The van der Waals surface area contributed by atoms with Gasteiger partial charge in [-0.3, -0.25) is 19.4 Å². The lowest BCUT2D eigenvalue weighted by atomic mass is 9.89. The van der Waals surface area contributed by atoms with E-state index in [1.54, 1.807) is 0 Å². The van der Waals surface area contributed by atoms with E-state index < -0.39 is 24.3 Å². The number of benzene rings is 6. The SMILES string of the molecule is C[C@H]1[C@@H](CN(C)[C@H](C)c2ccc3ccccc3c2)O[C@@H](c2ccc(-c3ccccc3CN3C(=O)CC(NC(=O)OCc4ccccc4)C3=O)cc2)O[C@H]1c1ccc(CO)cc1. The Bertz CT molecular complexity index is 2480. The number of aliphatic hydroxyl groups is 1. The minimum atomic E-state index is -0.998. The van der Waals surface area contributed by atoms with Crippen molar-refractivity contribution < 1.29 is 33.7 Å². The van der Waals surface area contributed by atoms with Crippen LogP contribution >= 0.6 is 0 Å². The molecule has 0 bridgehead atoms. The van der Waals surface area contributed by atoms with Crippen LogP contribution in [0.1, 0.15) is 72.1 Å². The molecule has 6 atom stereocenters. The predicted molar refractivity (Wildman–Crippen MR) is 234 cm³/mol. The third kappa shape index (κ3) is 9.43. The minimum absolute atomic E-state index is 0.0133. The number of carbonyl (C=O) groups is 3. The number of nitrogens with one attached hydrogen (secondary N) is 1. The highest BCUT2D eigenvalue weighted by atomic mass is 16.7. The van der Waals surface area contributed by atoms with Gasteiger partial charge in [0.15, 0.2) is 6.29 Å². The first-order chi connectivity index (χ1) is 29.6. The van der Waals surface area contributed by atoms with Crippen molar-refractivity contribution in [3.63, 3.8) is 0 Å². The number of alkyl carbamates (subject to hydrolysis) is 1. The highest BCUT2D eigenvalue weighted by Crippen LogP contribution is 2.43. The lowest BCUT2D eigenvalue weighted by Gasteiger charge is -2.43. The maximum atomic E-state index is 13.4. The molecule has 2 saturated heterocycles. The first-order valence-electron chi connectivity index (χ1n) is 20.8. The van der Waals surface area contributed by atoms with Crippen LogP contribution in [0.15, 0.2) is 146 Å². The molecule has 2 N–H and O–H groups in total. The molecule has 2 aliphatic heterocycles. The van der Waals surface area contributed by atoms with Crippen LogP contribution in [0.3, 0.4) is 0 Å². The highest BCUT2D eigenvalue weighted by Gasteiger charge is 2.41. The van der Waals surface area contributed by atoms with Crippen molar-refractivity contribution >= 4 is 28.7 Å². The Hall–Kier alpha value is -6.17. The molecule has 2 fully saturated rings. The van der Waals surface area contributed by atoms with E-state index in [0.29, 0.717) is 6.54 Å². The average molecular weight is 818 g/mol. The van der Waals surface area contributed by atoms with Crippen LogP contribution in [0.5, 0.6) is 0 Å². The number of rotatable bonds is 13. The summed E-state index contributed by atoms with van der Waals surface area (Å²) in [7, 11) is 2.14. The van der Waals surface area contributed by atoms with Gasteiger partial charge in [0.25, 0.3) is 5.91 Å². The van der Waals surface area contributed by atoms with Crippen LogP contribution in [0.2, 0.25) is 0 Å². The van der Waals surface area contributed by atoms with Crippen molar-refractivity contribution in [2.45, 2.75) is 70.6 Å². The van der Waals surface area contributed by atoms with Gasteiger partial charge in [-0.05, 0) is 69.8 Å². The van der Waals surface area contributed by atoms with Gasteiger partial charge in [-0.2, -0.15) is 0 Å². The van der Waals surface area contributed by atoms with Crippen LogP contribution in [0.25, 0.3) is 21.9 Å². The van der Waals surface area contributed by atoms with E-state index in [1.807, 2.05) is 103 Å². The molecule has 312 valence electrons. The maximum absolute atomic E-state index is 13.4. The maximum Gasteiger partial charge on any atom is 0.408 e. The van der Waals surface area contributed by atoms with Gasteiger partial charge < -0.3 is 24.6 Å². The van der Waals surface area contributed by atoms with Crippen molar-refractivity contribution in [3.05, 3.63) is 179 Å². The Balaban J connectivity index is 0.975. The molecule has 6 aromatic carbocycles. The van der Waals surface area contributed by atoms with Crippen LogP contribution in [-0.2, 0) is 43.6 Å². The molecule has 10 heteroatoms. The number of imide groups is 1. The predicted octanol–water partition coefficient (Wildman–Crippen LogP) is 9.04. The van der Waals surface area contributed by atoms with Gasteiger partial charge in [0.05, 0.1) is 31.8 Å². The number of likely N-dealkylation sites (tertiary alicyclic amines) is 1. The topological polar surface area (TPSA) is 118 Å². The van der Waals surface area contributed by atoms with Crippen LogP contribution in [0, 0.1) is 5.92 Å². The first-order valence-corrected chi connectivity index (χ1v) is 20.8. The van der Waals surface area contributed by atoms with Crippen molar-refractivity contribution in [2.24, 2.45) is 5.92 Å². The van der Waals surface area contributed by atoms with E-state index in [-0.39, 0.29) is 56.3 Å². The third-order valence-corrected chi connectivity index (χ3v) is 12.1. The van der Waals surface area contributed by atoms with Gasteiger partial charge >= 0.3 is 6.09 Å². The molecule has 0 aliphatic carbocycles. The zero-order valence-electron chi connectivity index (χ0n) is 34.6. The molecule has 2 aliphatic rings. The van der Waals surface area contributed by atoms with Gasteiger partial charge in [-0.15, -0.1) is 0 Å². The number of carbonyl (C=O) groups excluding carboxylic acids is 3. The van der Waals surface area contributed by atoms with Gasteiger partial charge in [-0.25, -0.2) is 4.79 Å². The molecule has 10 nitrogen and oxygen atoms in total. The molecular formula is C51H51N3O7. The Morgan fingerprint density at radius 2 is 1.51 bits per heavy atom. The number of hydrogen-bond donors (Lipinski definition) is 2. The smallest absolute Gasteiger partial charge is 0.408 e. The van der Waals surface area contributed by atoms with Gasteiger partial charge in [0.1, 0.15) is 12.6 Å². The molecule has 0 spiro atoms. The third-order valence-electron chi connectivity index (χ3n) is 12.1. The quantitative estimate of drug-likeness (QED) is 0.111. The summed E-state index contributed by atoms with van der Waals surface area (Å²) in [6.07, 6.45) is -1.98. The van der Waals surface area contributed by atoms with Crippen molar-refractivity contribution in [1.82, 2.24) is 15.1 Å². The molecule has 6 aromatic rings. The average Bonchev–Trinajstić information content (AvgIpc) is 3.56. The van der Waals surface area contributed by atoms with E-state index in [9.17, 15) is 19.5 Å². The lowest BCUT2D eigenvalue weighted by Crippen LogP contribution is -2.44. The van der Waals surface area contributed by atoms with Crippen molar-refractivity contribution in [1.29, 1.82) is 0 Å². The Labute approximate surface area is 356 Å². The molecule has 2 heterocycles. The molecule has 1 unspecified atom stereocenters. The fourth-order valence-corrected chi connectivity index (χ4v) is 8.29. The number of aliphatic hydroxyl groups excluding tert-OH is 1.